The summed E-state index contributed by atoms with van der Waals surface area (Å²) in [5, 5.41) is 3.39. The first-order chi connectivity index (χ1) is 19.0. The lowest BCUT2D eigenvalue weighted by Crippen LogP contribution is -2.58. The quantitative estimate of drug-likeness (QED) is 0.436. The zero-order valence-corrected chi connectivity index (χ0v) is 22.0. The van der Waals surface area contributed by atoms with E-state index in [0.29, 0.717) is 19.4 Å². The molecule has 8 nitrogen and oxygen atoms in total. The highest BCUT2D eigenvalue weighted by Crippen LogP contribution is 2.48. The molecular weight excluding hydrogens is 496 g/mol. The zero-order valence-electron chi connectivity index (χ0n) is 22.0. The first-order valence-electron chi connectivity index (χ1n) is 13.0. The molecule has 8 heteroatoms. The van der Waals surface area contributed by atoms with E-state index in [2.05, 4.69) is 5.32 Å². The number of nitrogens with zero attached hydrogens (tertiary/aromatic N) is 1. The molecule has 0 saturated carbocycles. The van der Waals surface area contributed by atoms with Crippen molar-refractivity contribution in [3.05, 3.63) is 107 Å². The Balaban J connectivity index is 1.62. The molecule has 0 aliphatic carbocycles. The summed E-state index contributed by atoms with van der Waals surface area (Å²) < 4.78 is 16.6. The van der Waals surface area contributed by atoms with E-state index < -0.39 is 35.7 Å². The van der Waals surface area contributed by atoms with Crippen molar-refractivity contribution >= 4 is 17.8 Å². The first-order valence-corrected chi connectivity index (χ1v) is 13.0. The van der Waals surface area contributed by atoms with Crippen molar-refractivity contribution in [3.63, 3.8) is 0 Å². The Morgan fingerprint density at radius 2 is 1.64 bits per heavy atom. The number of hydrogen-bond donors (Lipinski definition) is 1. The van der Waals surface area contributed by atoms with Gasteiger partial charge in [-0.05, 0) is 30.0 Å². The maximum atomic E-state index is 14.4. The second-order valence-electron chi connectivity index (χ2n) is 9.79. The molecule has 4 atom stereocenters. The van der Waals surface area contributed by atoms with Crippen LogP contribution in [-0.4, -0.2) is 67.3 Å². The lowest BCUT2D eigenvalue weighted by molar-refractivity contribution is -0.146. The van der Waals surface area contributed by atoms with Crippen LogP contribution in [0.3, 0.4) is 0 Å². The fourth-order valence-electron chi connectivity index (χ4n) is 5.70. The zero-order chi connectivity index (χ0) is 27.4. The molecule has 202 valence electrons. The number of esters is 2. The van der Waals surface area contributed by atoms with Crippen LogP contribution in [0.25, 0.3) is 0 Å². The summed E-state index contributed by atoms with van der Waals surface area (Å²) in [6, 6.07) is 18.4. The number of carbonyl (C=O) groups is 3. The average Bonchev–Trinajstić information content (AvgIpc) is 3.56. The molecule has 0 radical (unpaired) electrons. The highest BCUT2D eigenvalue weighted by molar-refractivity contribution is 6.05. The standard InChI is InChI=1S/C31H32N2O6/c1-37-29(35)26-24-16-17-31(39-24,27(26)30(36)38-2)25-15-9-10-18-32-23(19-21-11-5-3-6-12-21)28(34)33(25)20-22-13-7-4-8-14-22/h3-14,16-17,23-25,32H,15,18-20H2,1-2H3/t23-,24+,25+,31+/m0/s1. The number of carbonyl (C=O) groups excluding carboxylic acids is 3. The Labute approximate surface area is 227 Å². The lowest BCUT2D eigenvalue weighted by Gasteiger charge is -2.42. The third-order valence-electron chi connectivity index (χ3n) is 7.52. The van der Waals surface area contributed by atoms with E-state index in [-0.39, 0.29) is 23.6 Å². The van der Waals surface area contributed by atoms with Crippen LogP contribution >= 0.6 is 0 Å². The molecule has 1 amide bonds. The summed E-state index contributed by atoms with van der Waals surface area (Å²) in [6.45, 7) is 0.797. The summed E-state index contributed by atoms with van der Waals surface area (Å²) in [4.78, 5) is 42.3. The molecule has 39 heavy (non-hydrogen) atoms. The highest BCUT2D eigenvalue weighted by Gasteiger charge is 2.60. The van der Waals surface area contributed by atoms with Crippen LogP contribution in [0.1, 0.15) is 17.5 Å². The molecule has 1 N–H and O–H groups in total. The molecule has 0 unspecified atom stereocenters. The fourth-order valence-corrected chi connectivity index (χ4v) is 5.70. The van der Waals surface area contributed by atoms with Crippen molar-refractivity contribution in [2.75, 3.05) is 20.8 Å². The maximum absolute atomic E-state index is 14.4. The van der Waals surface area contributed by atoms with Gasteiger partial charge in [0.05, 0.1) is 37.4 Å². The van der Waals surface area contributed by atoms with E-state index in [9.17, 15) is 14.4 Å². The monoisotopic (exact) mass is 528 g/mol. The van der Waals surface area contributed by atoms with E-state index in [0.717, 1.165) is 11.1 Å². The van der Waals surface area contributed by atoms with E-state index in [1.165, 1.54) is 14.2 Å². The van der Waals surface area contributed by atoms with E-state index in [1.807, 2.05) is 72.8 Å². The molecular formula is C31H32N2O6. The van der Waals surface area contributed by atoms with Crippen molar-refractivity contribution in [2.45, 2.75) is 43.2 Å². The molecule has 2 aromatic rings. The molecule has 2 aromatic carbocycles. The number of methoxy groups -OCH3 is 2. The lowest BCUT2D eigenvalue weighted by atomic mass is 9.79. The Morgan fingerprint density at radius 1 is 0.974 bits per heavy atom. The first kappa shape index (κ1) is 26.6. The molecule has 3 aliphatic rings. The molecule has 0 saturated heterocycles. The van der Waals surface area contributed by atoms with Crippen LogP contribution in [0.4, 0.5) is 0 Å². The minimum Gasteiger partial charge on any atom is -0.466 e. The Kier molecular flexibility index (Phi) is 7.77. The second kappa shape index (κ2) is 11.4. The van der Waals surface area contributed by atoms with Crippen LogP contribution in [0, 0.1) is 0 Å². The van der Waals surface area contributed by atoms with Crippen LogP contribution < -0.4 is 5.32 Å². The Bertz CT molecular complexity index is 1320. The minimum absolute atomic E-state index is 0.0837. The number of amides is 1. The van der Waals surface area contributed by atoms with Gasteiger partial charge in [-0.25, -0.2) is 9.59 Å². The van der Waals surface area contributed by atoms with E-state index in [4.69, 9.17) is 14.2 Å². The third-order valence-corrected chi connectivity index (χ3v) is 7.52. The van der Waals surface area contributed by atoms with Crippen LogP contribution in [0.2, 0.25) is 0 Å². The number of ether oxygens (including phenoxy) is 3. The van der Waals surface area contributed by atoms with Gasteiger partial charge < -0.3 is 24.4 Å². The topological polar surface area (TPSA) is 94.2 Å². The van der Waals surface area contributed by atoms with Gasteiger partial charge in [0.15, 0.2) is 0 Å². The van der Waals surface area contributed by atoms with Gasteiger partial charge in [0.1, 0.15) is 11.7 Å². The summed E-state index contributed by atoms with van der Waals surface area (Å²) in [6.07, 6.45) is 7.62. The summed E-state index contributed by atoms with van der Waals surface area (Å²) in [5.41, 5.74) is 0.781. The summed E-state index contributed by atoms with van der Waals surface area (Å²) in [5.74, 6) is -1.46. The molecule has 5 rings (SSSR count). The predicted octanol–water partition coefficient (Wildman–Crippen LogP) is 2.89. The van der Waals surface area contributed by atoms with Gasteiger partial charge in [-0.1, -0.05) is 78.9 Å². The van der Waals surface area contributed by atoms with Crippen molar-refractivity contribution in [2.24, 2.45) is 0 Å². The van der Waals surface area contributed by atoms with Crippen molar-refractivity contribution in [3.8, 4) is 0 Å². The maximum Gasteiger partial charge on any atom is 0.337 e. The molecule has 0 aromatic heterocycles. The molecule has 3 heterocycles. The molecule has 2 bridgehead atoms. The number of rotatable bonds is 7. The number of fused-ring (bicyclic) bond motifs is 2. The van der Waals surface area contributed by atoms with Gasteiger partial charge in [0.25, 0.3) is 0 Å². The van der Waals surface area contributed by atoms with Crippen molar-refractivity contribution in [1.82, 2.24) is 10.2 Å². The summed E-state index contributed by atoms with van der Waals surface area (Å²) >= 11 is 0. The Morgan fingerprint density at radius 3 is 2.31 bits per heavy atom. The van der Waals surface area contributed by atoms with Gasteiger partial charge in [0.2, 0.25) is 5.91 Å². The largest absolute Gasteiger partial charge is 0.466 e. The Hall–Kier alpha value is -4.01. The SMILES string of the molecule is COC(=O)C1=C(C(=O)OC)[C@]2([C@H]3CC=CCN[C@@H](Cc4ccccc4)C(=O)N3Cc3ccccc3)C=C[C@H]1O2. The number of nitrogens with one attached hydrogen (secondary N) is 1. The predicted molar refractivity (Wildman–Crippen MR) is 144 cm³/mol. The third kappa shape index (κ3) is 5.05. The smallest absolute Gasteiger partial charge is 0.337 e. The average molecular weight is 529 g/mol. The van der Waals surface area contributed by atoms with Crippen molar-refractivity contribution < 1.29 is 28.6 Å². The highest BCUT2D eigenvalue weighted by atomic mass is 16.6. The van der Waals surface area contributed by atoms with E-state index in [1.54, 1.807) is 17.1 Å². The van der Waals surface area contributed by atoms with Crippen LogP contribution in [-0.2, 0) is 41.6 Å². The van der Waals surface area contributed by atoms with Gasteiger partial charge in [-0.15, -0.1) is 0 Å². The van der Waals surface area contributed by atoms with Crippen LogP contribution in [0.5, 0.6) is 0 Å². The number of benzene rings is 2. The molecule has 0 spiro atoms. The molecule has 0 fully saturated rings. The van der Waals surface area contributed by atoms with Gasteiger partial charge >= 0.3 is 11.9 Å². The van der Waals surface area contributed by atoms with E-state index >= 15 is 0 Å². The van der Waals surface area contributed by atoms with Gasteiger partial charge in [-0.3, -0.25) is 4.79 Å². The second-order valence-corrected chi connectivity index (χ2v) is 9.79. The minimum atomic E-state index is -1.38. The summed E-state index contributed by atoms with van der Waals surface area (Å²) in [7, 11) is 2.53. The normalized spacial score (nSPS) is 26.3. The van der Waals surface area contributed by atoms with Gasteiger partial charge in [-0.2, -0.15) is 0 Å². The van der Waals surface area contributed by atoms with Gasteiger partial charge in [0, 0.05) is 13.1 Å². The van der Waals surface area contributed by atoms with Crippen LogP contribution in [0.15, 0.2) is 96.1 Å². The van der Waals surface area contributed by atoms with Crippen molar-refractivity contribution in [1.29, 1.82) is 0 Å². The molecule has 3 aliphatic heterocycles. The number of hydrogen-bond acceptors (Lipinski definition) is 7. The fraction of sp³-hybridized carbons (Fsp3) is 0.323.